The Morgan fingerprint density at radius 1 is 1.08 bits per heavy atom. The van der Waals surface area contributed by atoms with Crippen LogP contribution in [0.2, 0.25) is 0 Å². The molecule has 4 rings (SSSR count). The second-order valence-electron chi connectivity index (χ2n) is 7.34. The number of carbonyl (C=O) groups is 1. The van der Waals surface area contributed by atoms with Crippen LogP contribution in [0.5, 0.6) is 0 Å². The Balaban J connectivity index is 1.20. The van der Waals surface area contributed by atoms with E-state index in [0.717, 1.165) is 38.3 Å². The van der Waals surface area contributed by atoms with Crippen LogP contribution in [-0.2, 0) is 16.1 Å². The summed E-state index contributed by atoms with van der Waals surface area (Å²) in [5.41, 5.74) is 7.74. The van der Waals surface area contributed by atoms with Crippen molar-refractivity contribution in [2.24, 2.45) is 5.92 Å². The van der Waals surface area contributed by atoms with Crippen molar-refractivity contribution in [1.82, 2.24) is 15.8 Å². The molecule has 2 atom stereocenters. The number of amides is 1. The highest BCUT2D eigenvalue weighted by Crippen LogP contribution is 2.35. The number of nitrogens with zero attached hydrogens (tertiary/aromatic N) is 1. The molecule has 2 N–H and O–H groups in total. The lowest BCUT2D eigenvalue weighted by molar-refractivity contribution is -0.136. The maximum absolute atomic E-state index is 12.7. The first kappa shape index (κ1) is 16.1. The predicted octanol–water partition coefficient (Wildman–Crippen LogP) is 1.84. The predicted molar refractivity (Wildman–Crippen MR) is 92.0 cm³/mol. The molecule has 24 heavy (non-hydrogen) atoms. The molecule has 5 heteroatoms. The number of piperidine rings is 1. The van der Waals surface area contributed by atoms with Crippen molar-refractivity contribution >= 4 is 5.91 Å². The summed E-state index contributed by atoms with van der Waals surface area (Å²) in [5, 5.41) is 0. The highest BCUT2D eigenvalue weighted by molar-refractivity contribution is 5.82. The van der Waals surface area contributed by atoms with E-state index < -0.39 is 0 Å². The molecule has 1 aromatic carbocycles. The number of rotatable bonds is 5. The Kier molecular flexibility index (Phi) is 4.83. The van der Waals surface area contributed by atoms with Crippen LogP contribution in [0.3, 0.4) is 0 Å². The van der Waals surface area contributed by atoms with Crippen molar-refractivity contribution in [2.45, 2.75) is 56.9 Å². The van der Waals surface area contributed by atoms with Crippen molar-refractivity contribution in [3.8, 4) is 0 Å². The molecular weight excluding hydrogens is 302 g/mol. The first-order chi connectivity index (χ1) is 11.8. The van der Waals surface area contributed by atoms with Gasteiger partial charge in [0, 0.05) is 19.1 Å². The van der Waals surface area contributed by atoms with E-state index in [2.05, 4.69) is 23.0 Å². The van der Waals surface area contributed by atoms with Crippen molar-refractivity contribution < 1.29 is 9.53 Å². The minimum absolute atomic E-state index is 0.0441. The van der Waals surface area contributed by atoms with Crippen LogP contribution in [0.25, 0.3) is 0 Å². The minimum Gasteiger partial charge on any atom is -0.373 e. The van der Waals surface area contributed by atoms with E-state index in [1.54, 1.807) is 0 Å². The Hall–Kier alpha value is -1.43. The van der Waals surface area contributed by atoms with Crippen molar-refractivity contribution in [1.29, 1.82) is 0 Å². The van der Waals surface area contributed by atoms with Gasteiger partial charge in [-0.15, -0.1) is 0 Å². The van der Waals surface area contributed by atoms with Crippen LogP contribution in [0.1, 0.15) is 37.7 Å². The number of likely N-dealkylation sites (tertiary alicyclic amines) is 1. The van der Waals surface area contributed by atoms with Gasteiger partial charge in [-0.1, -0.05) is 30.3 Å². The third-order valence-corrected chi connectivity index (χ3v) is 5.50. The van der Waals surface area contributed by atoms with Gasteiger partial charge in [0.25, 0.3) is 0 Å². The lowest BCUT2D eigenvalue weighted by Gasteiger charge is -2.33. The third-order valence-electron chi connectivity index (χ3n) is 5.50. The fourth-order valence-corrected chi connectivity index (χ4v) is 3.80. The van der Waals surface area contributed by atoms with Gasteiger partial charge in [-0.2, -0.15) is 0 Å². The highest BCUT2D eigenvalue weighted by Gasteiger charge is 2.40. The van der Waals surface area contributed by atoms with Gasteiger partial charge in [0.15, 0.2) is 0 Å². The van der Waals surface area contributed by atoms with Crippen LogP contribution in [-0.4, -0.2) is 42.1 Å². The van der Waals surface area contributed by atoms with E-state index in [-0.39, 0.29) is 18.1 Å². The molecule has 1 saturated carbocycles. The number of nitrogens with one attached hydrogen (secondary N) is 2. The van der Waals surface area contributed by atoms with Crippen LogP contribution in [0, 0.1) is 5.92 Å². The lowest BCUT2D eigenvalue weighted by Crippen LogP contribution is -2.49. The van der Waals surface area contributed by atoms with E-state index in [4.69, 9.17) is 4.74 Å². The van der Waals surface area contributed by atoms with Gasteiger partial charge in [-0.05, 0) is 43.6 Å². The molecule has 130 valence electrons. The number of benzene rings is 1. The monoisotopic (exact) mass is 329 g/mol. The molecular formula is C19H27N3O2. The number of hydrazine groups is 1. The lowest BCUT2D eigenvalue weighted by atomic mass is 10.0. The number of hydrogen-bond acceptors (Lipinski definition) is 4. The Morgan fingerprint density at radius 3 is 2.54 bits per heavy atom. The molecule has 0 aromatic heterocycles. The van der Waals surface area contributed by atoms with Crippen LogP contribution < -0.4 is 10.9 Å². The average molecular weight is 329 g/mol. The largest absolute Gasteiger partial charge is 0.373 e. The fraction of sp³-hybridized carbons (Fsp3) is 0.632. The van der Waals surface area contributed by atoms with Crippen LogP contribution in [0.4, 0.5) is 0 Å². The van der Waals surface area contributed by atoms with E-state index in [1.165, 1.54) is 18.4 Å². The number of hydrogen-bond donors (Lipinski definition) is 2. The molecule has 2 aliphatic heterocycles. The molecule has 2 unspecified atom stereocenters. The zero-order valence-electron chi connectivity index (χ0n) is 14.1. The van der Waals surface area contributed by atoms with E-state index in [1.807, 2.05) is 23.1 Å². The molecule has 2 heterocycles. The molecule has 2 saturated heterocycles. The highest BCUT2D eigenvalue weighted by atomic mass is 16.5. The Bertz CT molecular complexity index is 553. The third kappa shape index (κ3) is 3.79. The molecule has 0 spiro atoms. The molecule has 1 aliphatic carbocycles. The summed E-state index contributed by atoms with van der Waals surface area (Å²) in [6.07, 6.45) is 5.70. The number of ether oxygens (including phenoxy) is 1. The minimum atomic E-state index is -0.0441. The van der Waals surface area contributed by atoms with E-state index in [9.17, 15) is 4.79 Å². The molecule has 1 aromatic rings. The SMILES string of the molecule is O=C(C1CC(C2CC2)NN1)N1CCC(OCc2ccccc2)CC1. The Labute approximate surface area is 143 Å². The van der Waals surface area contributed by atoms with Crippen molar-refractivity contribution in [3.05, 3.63) is 35.9 Å². The van der Waals surface area contributed by atoms with Gasteiger partial charge in [0.2, 0.25) is 5.91 Å². The summed E-state index contributed by atoms with van der Waals surface area (Å²) in [6, 6.07) is 10.7. The van der Waals surface area contributed by atoms with Gasteiger partial charge in [0.1, 0.15) is 6.04 Å². The molecule has 3 fully saturated rings. The molecule has 1 amide bonds. The quantitative estimate of drug-likeness (QED) is 0.865. The second-order valence-corrected chi connectivity index (χ2v) is 7.34. The van der Waals surface area contributed by atoms with Gasteiger partial charge in [-0.3, -0.25) is 10.2 Å². The second kappa shape index (κ2) is 7.21. The van der Waals surface area contributed by atoms with Crippen LogP contribution >= 0.6 is 0 Å². The normalized spacial score (nSPS) is 28.2. The van der Waals surface area contributed by atoms with E-state index >= 15 is 0 Å². The first-order valence-electron chi connectivity index (χ1n) is 9.25. The summed E-state index contributed by atoms with van der Waals surface area (Å²) in [7, 11) is 0. The zero-order chi connectivity index (χ0) is 16.4. The summed E-state index contributed by atoms with van der Waals surface area (Å²) in [4.78, 5) is 14.7. The van der Waals surface area contributed by atoms with Gasteiger partial charge < -0.3 is 9.64 Å². The molecule has 0 bridgehead atoms. The standard InChI is InChI=1S/C19H27N3O2/c23-19(18-12-17(20-21-18)15-6-7-15)22-10-8-16(9-11-22)24-13-14-4-2-1-3-5-14/h1-5,15-18,20-21H,6-13H2. The summed E-state index contributed by atoms with van der Waals surface area (Å²) >= 11 is 0. The van der Waals surface area contributed by atoms with Crippen molar-refractivity contribution in [2.75, 3.05) is 13.1 Å². The number of carbonyl (C=O) groups excluding carboxylic acids is 1. The molecule has 0 radical (unpaired) electrons. The summed E-state index contributed by atoms with van der Waals surface area (Å²) < 4.78 is 6.01. The maximum Gasteiger partial charge on any atom is 0.241 e. The molecule has 5 nitrogen and oxygen atoms in total. The zero-order valence-corrected chi connectivity index (χ0v) is 14.1. The topological polar surface area (TPSA) is 53.6 Å². The first-order valence-corrected chi connectivity index (χ1v) is 9.25. The maximum atomic E-state index is 12.7. The van der Waals surface area contributed by atoms with E-state index in [0.29, 0.717) is 12.6 Å². The summed E-state index contributed by atoms with van der Waals surface area (Å²) in [6.45, 7) is 2.28. The van der Waals surface area contributed by atoms with Crippen LogP contribution in [0.15, 0.2) is 30.3 Å². The van der Waals surface area contributed by atoms with Gasteiger partial charge in [-0.25, -0.2) is 5.43 Å². The average Bonchev–Trinajstić information content (AvgIpc) is 3.38. The van der Waals surface area contributed by atoms with Gasteiger partial charge >= 0.3 is 0 Å². The van der Waals surface area contributed by atoms with Gasteiger partial charge in [0.05, 0.1) is 12.7 Å². The fourth-order valence-electron chi connectivity index (χ4n) is 3.80. The molecule has 3 aliphatic rings. The van der Waals surface area contributed by atoms with Crippen molar-refractivity contribution in [3.63, 3.8) is 0 Å². The smallest absolute Gasteiger partial charge is 0.241 e. The Morgan fingerprint density at radius 2 is 1.83 bits per heavy atom. The summed E-state index contributed by atoms with van der Waals surface area (Å²) in [5.74, 6) is 1.04.